The van der Waals surface area contributed by atoms with Gasteiger partial charge in [0.2, 0.25) is 0 Å². The molecule has 0 spiro atoms. The second-order valence-corrected chi connectivity index (χ2v) is 6.30. The molecule has 0 unspecified atom stereocenters. The second-order valence-electron chi connectivity index (χ2n) is 6.30. The minimum atomic E-state index is -0.790. The van der Waals surface area contributed by atoms with Gasteiger partial charge in [0.05, 0.1) is 12.6 Å². The van der Waals surface area contributed by atoms with Crippen molar-refractivity contribution in [2.24, 2.45) is 0 Å². The highest BCUT2D eigenvalue weighted by Crippen LogP contribution is 2.21. The Hall–Kier alpha value is -3.85. The zero-order valence-corrected chi connectivity index (χ0v) is 16.1. The predicted octanol–water partition coefficient (Wildman–Crippen LogP) is 4.44. The fourth-order valence-corrected chi connectivity index (χ4v) is 2.78. The number of ether oxygens (including phenoxy) is 1. The highest BCUT2D eigenvalue weighted by molar-refractivity contribution is 5.75. The van der Waals surface area contributed by atoms with Crippen LogP contribution in [-0.4, -0.2) is 19.2 Å². The van der Waals surface area contributed by atoms with Crippen molar-refractivity contribution in [3.63, 3.8) is 0 Å². The van der Waals surface area contributed by atoms with Crippen molar-refractivity contribution >= 4 is 6.03 Å². The van der Waals surface area contributed by atoms with Gasteiger partial charge in [-0.3, -0.25) is 0 Å². The van der Waals surface area contributed by atoms with E-state index in [0.717, 1.165) is 23.3 Å². The van der Waals surface area contributed by atoms with E-state index in [1.54, 1.807) is 0 Å². The van der Waals surface area contributed by atoms with Gasteiger partial charge in [-0.05, 0) is 23.3 Å². The van der Waals surface area contributed by atoms with Gasteiger partial charge >= 0.3 is 6.03 Å². The van der Waals surface area contributed by atoms with E-state index in [0.29, 0.717) is 0 Å². The molecule has 0 fully saturated rings. The molecule has 0 aliphatic heterocycles. The van der Waals surface area contributed by atoms with Crippen LogP contribution < -0.4 is 15.4 Å². The van der Waals surface area contributed by atoms with E-state index in [-0.39, 0.29) is 31.0 Å². The number of amides is 2. The maximum absolute atomic E-state index is 13.5. The van der Waals surface area contributed by atoms with Crippen LogP contribution in [0.1, 0.15) is 17.2 Å². The molecule has 3 aromatic carbocycles. The molecule has 30 heavy (non-hydrogen) atoms. The van der Waals surface area contributed by atoms with Crippen molar-refractivity contribution in [2.45, 2.75) is 6.04 Å². The fourth-order valence-electron chi connectivity index (χ4n) is 2.78. The van der Waals surface area contributed by atoms with Gasteiger partial charge in [0.15, 0.2) is 11.6 Å². The van der Waals surface area contributed by atoms with Gasteiger partial charge in [0, 0.05) is 6.07 Å². The van der Waals surface area contributed by atoms with Crippen LogP contribution in [0.25, 0.3) is 0 Å². The smallest absolute Gasteiger partial charge is 0.316 e. The van der Waals surface area contributed by atoms with Crippen molar-refractivity contribution in [1.29, 1.82) is 0 Å². The van der Waals surface area contributed by atoms with Crippen LogP contribution in [0.2, 0.25) is 0 Å². The first-order chi connectivity index (χ1) is 14.6. The Morgan fingerprint density at radius 2 is 1.53 bits per heavy atom. The van der Waals surface area contributed by atoms with Crippen LogP contribution >= 0.6 is 0 Å². The number of nitrogens with one attached hydrogen (secondary N) is 2. The monoisotopic (exact) mass is 406 g/mol. The van der Waals surface area contributed by atoms with E-state index in [9.17, 15) is 13.6 Å². The molecule has 3 aromatic rings. The molecular weight excluding hydrogens is 386 g/mol. The first-order valence-corrected chi connectivity index (χ1v) is 9.31. The summed E-state index contributed by atoms with van der Waals surface area (Å²) in [5.41, 5.74) is 1.92. The first kappa shape index (κ1) is 20.9. The molecule has 0 radical (unpaired) electrons. The van der Waals surface area contributed by atoms with Crippen molar-refractivity contribution in [3.05, 3.63) is 102 Å². The standard InChI is InChI=1S/C24H20F2N2O2/c25-20-13-14-22(21(26)17-20)30-16-8-7-15-27-24(29)28-23(18-9-3-1-4-10-18)19-11-5-2-6-12-19/h1-6,9-14,17,23H,15-16H2,(H2,27,28,29). The van der Waals surface area contributed by atoms with Crippen LogP contribution in [0, 0.1) is 23.5 Å². The Kier molecular flexibility index (Phi) is 7.39. The van der Waals surface area contributed by atoms with E-state index < -0.39 is 11.6 Å². The van der Waals surface area contributed by atoms with E-state index >= 15 is 0 Å². The minimum absolute atomic E-state index is 0.0787. The Morgan fingerprint density at radius 1 is 0.900 bits per heavy atom. The van der Waals surface area contributed by atoms with Crippen molar-refractivity contribution in [2.75, 3.05) is 13.2 Å². The summed E-state index contributed by atoms with van der Waals surface area (Å²) in [6.45, 7) is 0.0138. The van der Waals surface area contributed by atoms with Gasteiger partial charge in [0.25, 0.3) is 0 Å². The number of hydrogen-bond acceptors (Lipinski definition) is 2. The molecule has 0 saturated heterocycles. The maximum atomic E-state index is 13.5. The Bertz CT molecular complexity index is 992. The minimum Gasteiger partial charge on any atom is -0.478 e. The number of urea groups is 1. The maximum Gasteiger partial charge on any atom is 0.316 e. The number of hydrogen-bond donors (Lipinski definition) is 2. The summed E-state index contributed by atoms with van der Waals surface area (Å²) in [7, 11) is 0. The molecule has 6 heteroatoms. The van der Waals surface area contributed by atoms with Gasteiger partial charge in [-0.2, -0.15) is 0 Å². The molecule has 0 bridgehead atoms. The van der Waals surface area contributed by atoms with Crippen LogP contribution in [-0.2, 0) is 0 Å². The zero-order valence-electron chi connectivity index (χ0n) is 16.1. The lowest BCUT2D eigenvalue weighted by molar-refractivity contribution is 0.240. The molecule has 0 saturated carbocycles. The summed E-state index contributed by atoms with van der Waals surface area (Å²) in [5.74, 6) is 3.86. The molecule has 0 aliphatic rings. The Balaban J connectivity index is 1.51. The number of carbonyl (C=O) groups is 1. The molecule has 2 N–H and O–H groups in total. The number of halogens is 2. The topological polar surface area (TPSA) is 50.4 Å². The number of carbonyl (C=O) groups excluding carboxylic acids is 1. The van der Waals surface area contributed by atoms with Crippen LogP contribution in [0.15, 0.2) is 78.9 Å². The molecule has 152 valence electrons. The summed E-state index contributed by atoms with van der Waals surface area (Å²) in [6.07, 6.45) is 0. The van der Waals surface area contributed by atoms with Gasteiger partial charge in [-0.1, -0.05) is 72.5 Å². The summed E-state index contributed by atoms with van der Waals surface area (Å²) in [4.78, 5) is 12.3. The quantitative estimate of drug-likeness (QED) is 0.595. The van der Waals surface area contributed by atoms with Gasteiger partial charge in [0.1, 0.15) is 12.4 Å². The molecule has 3 rings (SSSR count). The fraction of sp³-hybridized carbons (Fsp3) is 0.125. The molecule has 0 aromatic heterocycles. The third kappa shape index (κ3) is 6.08. The van der Waals surface area contributed by atoms with Crippen LogP contribution in [0.5, 0.6) is 5.75 Å². The largest absolute Gasteiger partial charge is 0.478 e. The van der Waals surface area contributed by atoms with Crippen molar-refractivity contribution in [1.82, 2.24) is 10.6 Å². The average Bonchev–Trinajstić information content (AvgIpc) is 2.77. The van der Waals surface area contributed by atoms with Crippen molar-refractivity contribution in [3.8, 4) is 17.6 Å². The summed E-state index contributed by atoms with van der Waals surface area (Å²) >= 11 is 0. The predicted molar refractivity (Wildman–Crippen MR) is 111 cm³/mol. The lowest BCUT2D eigenvalue weighted by Gasteiger charge is -2.19. The van der Waals surface area contributed by atoms with Gasteiger partial charge in [-0.15, -0.1) is 0 Å². The summed E-state index contributed by atoms with van der Waals surface area (Å²) in [5, 5.41) is 5.61. The third-order valence-corrected chi connectivity index (χ3v) is 4.20. The highest BCUT2D eigenvalue weighted by atomic mass is 19.1. The third-order valence-electron chi connectivity index (χ3n) is 4.20. The van der Waals surface area contributed by atoms with E-state index in [2.05, 4.69) is 22.5 Å². The number of rotatable bonds is 6. The summed E-state index contributed by atoms with van der Waals surface area (Å²) < 4.78 is 31.4. The average molecular weight is 406 g/mol. The Morgan fingerprint density at radius 3 is 2.13 bits per heavy atom. The second kappa shape index (κ2) is 10.6. The van der Waals surface area contributed by atoms with Gasteiger partial charge in [-0.25, -0.2) is 13.6 Å². The molecule has 0 aliphatic carbocycles. The van der Waals surface area contributed by atoms with Gasteiger partial charge < -0.3 is 15.4 Å². The van der Waals surface area contributed by atoms with E-state index in [1.807, 2.05) is 60.7 Å². The normalized spacial score (nSPS) is 10.1. The molecular formula is C24H20F2N2O2. The molecule has 2 amide bonds. The summed E-state index contributed by atoms with van der Waals surface area (Å²) in [6, 6.07) is 21.7. The van der Waals surface area contributed by atoms with Crippen LogP contribution in [0.4, 0.5) is 13.6 Å². The Labute approximate surface area is 173 Å². The molecule has 4 nitrogen and oxygen atoms in total. The lowest BCUT2D eigenvalue weighted by atomic mass is 9.99. The van der Waals surface area contributed by atoms with E-state index in [1.165, 1.54) is 6.07 Å². The zero-order chi connectivity index (χ0) is 21.2. The highest BCUT2D eigenvalue weighted by Gasteiger charge is 2.15. The SMILES string of the molecule is O=C(NCC#CCOc1ccc(F)cc1F)NC(c1ccccc1)c1ccccc1. The van der Waals surface area contributed by atoms with Crippen LogP contribution in [0.3, 0.4) is 0 Å². The lowest BCUT2D eigenvalue weighted by Crippen LogP contribution is -2.38. The number of benzene rings is 3. The van der Waals surface area contributed by atoms with Crippen molar-refractivity contribution < 1.29 is 18.3 Å². The molecule has 0 heterocycles. The van der Waals surface area contributed by atoms with E-state index in [4.69, 9.17) is 4.74 Å². The first-order valence-electron chi connectivity index (χ1n) is 9.31. The molecule has 0 atom stereocenters.